The van der Waals surface area contributed by atoms with Crippen molar-refractivity contribution >= 4 is 55.8 Å². The summed E-state index contributed by atoms with van der Waals surface area (Å²) in [5.41, 5.74) is 1.05. The first-order valence-electron chi connectivity index (χ1n) is 3.62. The van der Waals surface area contributed by atoms with Gasteiger partial charge in [0, 0.05) is 18.8 Å². The average Bonchev–Trinajstić information content (AvgIpc) is 2.07. The van der Waals surface area contributed by atoms with Gasteiger partial charge in [0.1, 0.15) is 0 Å². The first kappa shape index (κ1) is 11.3. The van der Waals surface area contributed by atoms with Crippen LogP contribution in [0.5, 0.6) is 0 Å². The van der Waals surface area contributed by atoms with Gasteiger partial charge in [-0.3, -0.25) is 0 Å². The topological polar surface area (TPSA) is 12.0 Å². The Bertz CT molecular complexity index is 327. The Morgan fingerprint density at radius 1 is 1.62 bits per heavy atom. The summed E-state index contributed by atoms with van der Waals surface area (Å²) in [6.45, 7) is 4.20. The smallest absolute Gasteiger partial charge is 0.0501 e. The SMILES string of the molecule is C=C(Cl)CNc1ccc(Br)c(I)c1. The maximum absolute atomic E-state index is 5.63. The summed E-state index contributed by atoms with van der Waals surface area (Å²) in [5.74, 6) is 0. The van der Waals surface area contributed by atoms with Crippen LogP contribution >= 0.6 is 50.1 Å². The maximum Gasteiger partial charge on any atom is 0.0501 e. The molecule has 0 bridgehead atoms. The number of halogens is 3. The Morgan fingerprint density at radius 2 is 2.31 bits per heavy atom. The first-order chi connectivity index (χ1) is 6.09. The van der Waals surface area contributed by atoms with Gasteiger partial charge in [-0.05, 0) is 56.7 Å². The van der Waals surface area contributed by atoms with E-state index in [9.17, 15) is 0 Å². The van der Waals surface area contributed by atoms with Gasteiger partial charge in [-0.15, -0.1) is 0 Å². The van der Waals surface area contributed by atoms with Gasteiger partial charge >= 0.3 is 0 Å². The Hall–Kier alpha value is 0.260. The molecule has 4 heteroatoms. The zero-order chi connectivity index (χ0) is 9.84. The van der Waals surface area contributed by atoms with Gasteiger partial charge in [-0.2, -0.15) is 0 Å². The minimum absolute atomic E-state index is 0.596. The number of rotatable bonds is 3. The molecule has 1 nitrogen and oxygen atoms in total. The monoisotopic (exact) mass is 371 g/mol. The van der Waals surface area contributed by atoms with Gasteiger partial charge in [0.2, 0.25) is 0 Å². The molecule has 0 aliphatic carbocycles. The zero-order valence-corrected chi connectivity index (χ0v) is 11.3. The molecule has 0 saturated heterocycles. The van der Waals surface area contributed by atoms with Crippen molar-refractivity contribution in [3.05, 3.63) is 37.9 Å². The van der Waals surface area contributed by atoms with Crippen LogP contribution in [0.3, 0.4) is 0 Å². The van der Waals surface area contributed by atoms with Gasteiger partial charge in [-0.25, -0.2) is 0 Å². The fourth-order valence-electron chi connectivity index (χ4n) is 0.804. The second-order valence-electron chi connectivity index (χ2n) is 2.50. The Kier molecular flexibility index (Phi) is 4.55. The van der Waals surface area contributed by atoms with Gasteiger partial charge in [0.25, 0.3) is 0 Å². The van der Waals surface area contributed by atoms with E-state index in [0.717, 1.165) is 10.2 Å². The van der Waals surface area contributed by atoms with Crippen LogP contribution in [0.25, 0.3) is 0 Å². The van der Waals surface area contributed by atoms with Crippen molar-refractivity contribution < 1.29 is 0 Å². The highest BCUT2D eigenvalue weighted by Gasteiger charge is 1.97. The van der Waals surface area contributed by atoms with Crippen LogP contribution in [0.4, 0.5) is 5.69 Å². The van der Waals surface area contributed by atoms with Gasteiger partial charge in [-0.1, -0.05) is 18.2 Å². The van der Waals surface area contributed by atoms with Crippen LogP contribution in [0.15, 0.2) is 34.3 Å². The fraction of sp³-hybridized carbons (Fsp3) is 0.111. The summed E-state index contributed by atoms with van der Waals surface area (Å²) in [5, 5.41) is 3.76. The van der Waals surface area contributed by atoms with Gasteiger partial charge in [0.05, 0.1) is 6.54 Å². The molecule has 1 aromatic rings. The van der Waals surface area contributed by atoms with Crippen molar-refractivity contribution in [3.8, 4) is 0 Å². The van der Waals surface area contributed by atoms with E-state index in [1.165, 1.54) is 3.57 Å². The minimum Gasteiger partial charge on any atom is -0.380 e. The molecule has 1 rings (SSSR count). The second-order valence-corrected chi connectivity index (χ2v) is 5.05. The van der Waals surface area contributed by atoms with Crippen LogP contribution in [0.1, 0.15) is 0 Å². The van der Waals surface area contributed by atoms with E-state index in [2.05, 4.69) is 50.4 Å². The van der Waals surface area contributed by atoms with Crippen LogP contribution in [0.2, 0.25) is 0 Å². The minimum atomic E-state index is 0.596. The molecule has 0 spiro atoms. The molecule has 0 amide bonds. The predicted octanol–water partition coefficient (Wildman–Crippen LogP) is 4.22. The second kappa shape index (κ2) is 5.22. The molecule has 1 N–H and O–H groups in total. The quantitative estimate of drug-likeness (QED) is 0.784. The Morgan fingerprint density at radius 3 is 2.85 bits per heavy atom. The molecule has 0 atom stereocenters. The van der Waals surface area contributed by atoms with Crippen molar-refractivity contribution in [1.29, 1.82) is 0 Å². The number of anilines is 1. The van der Waals surface area contributed by atoms with E-state index >= 15 is 0 Å². The summed E-state index contributed by atoms with van der Waals surface area (Å²) in [4.78, 5) is 0. The third-order valence-corrected chi connectivity index (χ3v) is 3.86. The molecular weight excluding hydrogens is 364 g/mol. The third-order valence-electron chi connectivity index (χ3n) is 1.40. The third kappa shape index (κ3) is 3.87. The molecule has 0 saturated carbocycles. The number of hydrogen-bond donors (Lipinski definition) is 1. The van der Waals surface area contributed by atoms with Crippen molar-refractivity contribution in [3.63, 3.8) is 0 Å². The van der Waals surface area contributed by atoms with Crippen LogP contribution in [-0.2, 0) is 0 Å². The largest absolute Gasteiger partial charge is 0.380 e. The van der Waals surface area contributed by atoms with E-state index in [1.807, 2.05) is 18.2 Å². The van der Waals surface area contributed by atoms with E-state index in [-0.39, 0.29) is 0 Å². The van der Waals surface area contributed by atoms with Crippen molar-refractivity contribution in [2.75, 3.05) is 11.9 Å². The van der Waals surface area contributed by atoms with E-state index in [4.69, 9.17) is 11.6 Å². The van der Waals surface area contributed by atoms with Crippen LogP contribution in [0, 0.1) is 3.57 Å². The summed E-state index contributed by atoms with van der Waals surface area (Å²) >= 11 is 11.3. The fourth-order valence-corrected chi connectivity index (χ4v) is 1.63. The Labute approximate surface area is 105 Å². The molecule has 0 aliphatic rings. The van der Waals surface area contributed by atoms with Crippen molar-refractivity contribution in [2.45, 2.75) is 0 Å². The lowest BCUT2D eigenvalue weighted by molar-refractivity contribution is 1.31. The molecule has 0 aliphatic heterocycles. The Balaban J connectivity index is 2.68. The molecule has 70 valence electrons. The lowest BCUT2D eigenvalue weighted by Gasteiger charge is -2.05. The van der Waals surface area contributed by atoms with E-state index < -0.39 is 0 Å². The summed E-state index contributed by atoms with van der Waals surface area (Å²) in [6.07, 6.45) is 0. The number of hydrogen-bond acceptors (Lipinski definition) is 1. The maximum atomic E-state index is 5.63. The predicted molar refractivity (Wildman–Crippen MR) is 70.3 cm³/mol. The summed E-state index contributed by atoms with van der Waals surface area (Å²) < 4.78 is 2.27. The molecule has 0 aromatic heterocycles. The van der Waals surface area contributed by atoms with Crippen molar-refractivity contribution in [1.82, 2.24) is 0 Å². The van der Waals surface area contributed by atoms with Gasteiger partial charge < -0.3 is 5.32 Å². The molecule has 0 unspecified atom stereocenters. The normalized spacial score (nSPS) is 9.77. The highest BCUT2D eigenvalue weighted by atomic mass is 127. The first-order valence-corrected chi connectivity index (χ1v) is 5.87. The molecule has 13 heavy (non-hydrogen) atoms. The van der Waals surface area contributed by atoms with Crippen LogP contribution in [-0.4, -0.2) is 6.54 Å². The van der Waals surface area contributed by atoms with E-state index in [1.54, 1.807) is 0 Å². The zero-order valence-electron chi connectivity index (χ0n) is 6.78. The average molecular weight is 372 g/mol. The summed E-state index contributed by atoms with van der Waals surface area (Å²) in [6, 6.07) is 6.04. The number of benzene rings is 1. The molecule has 0 fully saturated rings. The number of nitrogens with one attached hydrogen (secondary N) is 1. The van der Waals surface area contributed by atoms with Crippen molar-refractivity contribution in [2.24, 2.45) is 0 Å². The molecule has 1 aromatic carbocycles. The molecular formula is C9H8BrClIN. The lowest BCUT2D eigenvalue weighted by Crippen LogP contribution is -2.00. The highest BCUT2D eigenvalue weighted by Crippen LogP contribution is 2.22. The summed E-state index contributed by atoms with van der Waals surface area (Å²) in [7, 11) is 0. The van der Waals surface area contributed by atoms with Gasteiger partial charge in [0.15, 0.2) is 0 Å². The molecule has 0 radical (unpaired) electrons. The lowest BCUT2D eigenvalue weighted by atomic mass is 10.3. The standard InChI is InChI=1S/C9H8BrClIN/c1-6(11)5-13-7-2-3-8(10)9(12)4-7/h2-4,13H,1,5H2. The van der Waals surface area contributed by atoms with Crippen LogP contribution < -0.4 is 5.32 Å². The van der Waals surface area contributed by atoms with E-state index in [0.29, 0.717) is 11.6 Å². The molecule has 0 heterocycles. The highest BCUT2D eigenvalue weighted by molar-refractivity contribution is 14.1.